The highest BCUT2D eigenvalue weighted by Gasteiger charge is 2.15. The molecule has 0 aromatic heterocycles. The molecule has 1 rings (SSSR count). The molecule has 1 atom stereocenters. The van der Waals surface area contributed by atoms with Crippen LogP contribution in [-0.4, -0.2) is 25.5 Å². The van der Waals surface area contributed by atoms with Crippen LogP contribution in [0.4, 0.5) is 5.69 Å². The van der Waals surface area contributed by atoms with Crippen molar-refractivity contribution in [1.29, 1.82) is 0 Å². The summed E-state index contributed by atoms with van der Waals surface area (Å²) in [6.45, 7) is 3.76. The monoisotopic (exact) mass is 286 g/mol. The maximum atomic E-state index is 11.9. The van der Waals surface area contributed by atoms with E-state index in [1.54, 1.807) is 25.1 Å². The Kier molecular flexibility index (Phi) is 6.93. The van der Waals surface area contributed by atoms with Gasteiger partial charge >= 0.3 is 5.97 Å². The number of nitrogens with one attached hydrogen (secondary N) is 1. The van der Waals surface area contributed by atoms with Crippen molar-refractivity contribution < 1.29 is 14.3 Å². The topological polar surface area (TPSA) is 81.4 Å². The number of carbonyl (C=O) groups excluding carboxylic acids is 2. The first-order valence-electron chi connectivity index (χ1n) is 5.68. The molecular formula is C13H19ClN2O3. The molecule has 6 heteroatoms. The lowest BCUT2D eigenvalue weighted by Crippen LogP contribution is -2.32. The number of aryl methyl sites for hydroxylation is 1. The molecule has 1 amide bonds. The molecule has 0 saturated heterocycles. The van der Waals surface area contributed by atoms with Gasteiger partial charge in [-0.15, -0.1) is 12.4 Å². The van der Waals surface area contributed by atoms with Crippen molar-refractivity contribution in [2.75, 3.05) is 19.4 Å². The minimum absolute atomic E-state index is 0. The molecular weight excluding hydrogens is 268 g/mol. The highest BCUT2D eigenvalue weighted by atomic mass is 35.5. The number of amides is 1. The molecule has 0 aliphatic carbocycles. The van der Waals surface area contributed by atoms with Crippen molar-refractivity contribution in [1.82, 2.24) is 5.32 Å². The number of benzene rings is 1. The first-order chi connectivity index (χ1) is 8.45. The van der Waals surface area contributed by atoms with Crippen LogP contribution >= 0.6 is 12.4 Å². The summed E-state index contributed by atoms with van der Waals surface area (Å²) in [7, 11) is 1.32. The molecule has 1 aromatic rings. The number of hydrogen-bond acceptors (Lipinski definition) is 4. The van der Waals surface area contributed by atoms with Crippen LogP contribution in [-0.2, 0) is 9.53 Å². The second kappa shape index (κ2) is 7.63. The summed E-state index contributed by atoms with van der Waals surface area (Å²) in [5.74, 6) is -0.963. The molecule has 3 N–H and O–H groups in total. The summed E-state index contributed by atoms with van der Waals surface area (Å²) in [6.07, 6.45) is 0. The Morgan fingerprint density at radius 1 is 1.42 bits per heavy atom. The van der Waals surface area contributed by atoms with E-state index in [0.29, 0.717) is 11.3 Å². The van der Waals surface area contributed by atoms with E-state index in [2.05, 4.69) is 10.1 Å². The molecule has 0 aliphatic rings. The zero-order valence-corrected chi connectivity index (χ0v) is 12.0. The Balaban J connectivity index is 0.00000324. The molecule has 0 aliphatic heterocycles. The van der Waals surface area contributed by atoms with Gasteiger partial charge in [0.15, 0.2) is 0 Å². The highest BCUT2D eigenvalue weighted by Crippen LogP contribution is 2.12. The number of halogens is 1. The third-order valence-electron chi connectivity index (χ3n) is 2.68. The van der Waals surface area contributed by atoms with Gasteiger partial charge in [0.05, 0.1) is 13.0 Å². The average Bonchev–Trinajstić information content (AvgIpc) is 2.37. The summed E-state index contributed by atoms with van der Waals surface area (Å²) < 4.78 is 4.58. The van der Waals surface area contributed by atoms with E-state index in [-0.39, 0.29) is 36.7 Å². The summed E-state index contributed by atoms with van der Waals surface area (Å²) >= 11 is 0. The maximum absolute atomic E-state index is 11.9. The number of nitrogen functional groups attached to an aromatic ring is 1. The molecule has 0 saturated carbocycles. The molecule has 0 spiro atoms. The lowest BCUT2D eigenvalue weighted by Gasteiger charge is -2.12. The van der Waals surface area contributed by atoms with Crippen LogP contribution in [0.25, 0.3) is 0 Å². The molecule has 0 radical (unpaired) electrons. The fraction of sp³-hybridized carbons (Fsp3) is 0.385. The lowest BCUT2D eigenvalue weighted by molar-refractivity contribution is -0.144. The van der Waals surface area contributed by atoms with Crippen molar-refractivity contribution >= 4 is 30.0 Å². The summed E-state index contributed by atoms with van der Waals surface area (Å²) in [5.41, 5.74) is 7.53. The van der Waals surface area contributed by atoms with Gasteiger partial charge in [-0.1, -0.05) is 13.0 Å². The Labute approximate surface area is 118 Å². The largest absolute Gasteiger partial charge is 0.469 e. The van der Waals surface area contributed by atoms with Gasteiger partial charge in [-0.05, 0) is 24.6 Å². The van der Waals surface area contributed by atoms with E-state index >= 15 is 0 Å². The third-order valence-corrected chi connectivity index (χ3v) is 2.68. The number of nitrogens with two attached hydrogens (primary N) is 1. The molecule has 19 heavy (non-hydrogen) atoms. The van der Waals surface area contributed by atoms with Crippen LogP contribution in [0, 0.1) is 12.8 Å². The summed E-state index contributed by atoms with van der Waals surface area (Å²) in [5, 5.41) is 2.69. The first kappa shape index (κ1) is 17.2. The van der Waals surface area contributed by atoms with E-state index in [1.807, 2.05) is 6.92 Å². The second-order valence-electron chi connectivity index (χ2n) is 4.21. The highest BCUT2D eigenvalue weighted by molar-refractivity contribution is 5.96. The molecule has 0 heterocycles. The number of anilines is 1. The normalized spacial score (nSPS) is 11.1. The SMILES string of the molecule is COC(=O)C(C)CNC(=O)c1cc(N)ccc1C.Cl. The number of esters is 1. The predicted molar refractivity (Wildman–Crippen MR) is 76.4 cm³/mol. The molecule has 1 aromatic carbocycles. The smallest absolute Gasteiger partial charge is 0.310 e. The zero-order chi connectivity index (χ0) is 13.7. The fourth-order valence-corrected chi connectivity index (χ4v) is 1.51. The third kappa shape index (κ3) is 4.79. The van der Waals surface area contributed by atoms with Gasteiger partial charge in [0, 0.05) is 17.8 Å². The molecule has 5 nitrogen and oxygen atoms in total. The number of methoxy groups -OCH3 is 1. The Morgan fingerprint density at radius 2 is 2.05 bits per heavy atom. The van der Waals surface area contributed by atoms with Gasteiger partial charge in [0.2, 0.25) is 0 Å². The van der Waals surface area contributed by atoms with Gasteiger partial charge in [-0.3, -0.25) is 9.59 Å². The van der Waals surface area contributed by atoms with Gasteiger partial charge in [-0.2, -0.15) is 0 Å². The van der Waals surface area contributed by atoms with Gasteiger partial charge < -0.3 is 15.8 Å². The van der Waals surface area contributed by atoms with Gasteiger partial charge in [0.25, 0.3) is 5.91 Å². The maximum Gasteiger partial charge on any atom is 0.310 e. The van der Waals surface area contributed by atoms with E-state index in [1.165, 1.54) is 7.11 Å². The number of carbonyl (C=O) groups is 2. The van der Waals surface area contributed by atoms with Crippen LogP contribution in [0.1, 0.15) is 22.8 Å². The van der Waals surface area contributed by atoms with Crippen LogP contribution in [0.2, 0.25) is 0 Å². The standard InChI is InChI=1S/C13H18N2O3.ClH/c1-8-4-5-10(14)6-11(8)12(16)15-7-9(2)13(17)18-3;/h4-6,9H,7,14H2,1-3H3,(H,15,16);1H. The van der Waals surface area contributed by atoms with Crippen LogP contribution in [0.15, 0.2) is 18.2 Å². The Bertz CT molecular complexity index is 463. The zero-order valence-electron chi connectivity index (χ0n) is 11.2. The van der Waals surface area contributed by atoms with Gasteiger partial charge in [-0.25, -0.2) is 0 Å². The average molecular weight is 287 g/mol. The number of rotatable bonds is 4. The van der Waals surface area contributed by atoms with E-state index in [9.17, 15) is 9.59 Å². The number of hydrogen-bond donors (Lipinski definition) is 2. The molecule has 0 bridgehead atoms. The van der Waals surface area contributed by atoms with E-state index in [4.69, 9.17) is 5.73 Å². The van der Waals surface area contributed by atoms with Crippen LogP contribution in [0.5, 0.6) is 0 Å². The molecule has 1 unspecified atom stereocenters. The Hall–Kier alpha value is -1.75. The summed E-state index contributed by atoms with van der Waals surface area (Å²) in [6, 6.07) is 5.14. The summed E-state index contributed by atoms with van der Waals surface area (Å²) in [4.78, 5) is 23.1. The van der Waals surface area contributed by atoms with Gasteiger partial charge in [0.1, 0.15) is 0 Å². The minimum atomic E-state index is -0.375. The first-order valence-corrected chi connectivity index (χ1v) is 5.68. The fourth-order valence-electron chi connectivity index (χ4n) is 1.51. The lowest BCUT2D eigenvalue weighted by atomic mass is 10.1. The molecule has 0 fully saturated rings. The quantitative estimate of drug-likeness (QED) is 0.650. The molecule has 106 valence electrons. The van der Waals surface area contributed by atoms with Crippen molar-refractivity contribution in [2.45, 2.75) is 13.8 Å². The van der Waals surface area contributed by atoms with Crippen LogP contribution in [0.3, 0.4) is 0 Å². The van der Waals surface area contributed by atoms with Crippen molar-refractivity contribution in [3.63, 3.8) is 0 Å². The van der Waals surface area contributed by atoms with Crippen molar-refractivity contribution in [2.24, 2.45) is 5.92 Å². The van der Waals surface area contributed by atoms with Crippen LogP contribution < -0.4 is 11.1 Å². The second-order valence-corrected chi connectivity index (χ2v) is 4.21. The van der Waals surface area contributed by atoms with E-state index in [0.717, 1.165) is 5.56 Å². The number of ether oxygens (including phenoxy) is 1. The minimum Gasteiger partial charge on any atom is -0.469 e. The predicted octanol–water partition coefficient (Wildman–Crippen LogP) is 1.54. The van der Waals surface area contributed by atoms with E-state index < -0.39 is 0 Å². The Morgan fingerprint density at radius 3 is 2.63 bits per heavy atom. The van der Waals surface area contributed by atoms with Crippen molar-refractivity contribution in [3.8, 4) is 0 Å². The van der Waals surface area contributed by atoms with Crippen molar-refractivity contribution in [3.05, 3.63) is 29.3 Å².